The summed E-state index contributed by atoms with van der Waals surface area (Å²) in [6, 6.07) is 13.6. The Morgan fingerprint density at radius 1 is 1.08 bits per heavy atom. The van der Waals surface area contributed by atoms with Crippen LogP contribution in [0.2, 0.25) is 0 Å². The van der Waals surface area contributed by atoms with E-state index in [1.165, 1.54) is 0 Å². The second-order valence-electron chi connectivity index (χ2n) is 5.85. The molecule has 0 saturated carbocycles. The van der Waals surface area contributed by atoms with Crippen LogP contribution in [-0.2, 0) is 17.6 Å². The highest BCUT2D eigenvalue weighted by Crippen LogP contribution is 2.11. The van der Waals surface area contributed by atoms with Crippen LogP contribution in [0.4, 0.5) is 0 Å². The second kappa shape index (κ2) is 6.72. The number of carbonyl (C=O) groups is 1. The summed E-state index contributed by atoms with van der Waals surface area (Å²) in [5.41, 5.74) is 2.74. The molecule has 7 heteroatoms. The number of aromatic amines is 1. The minimum absolute atomic E-state index is 0.00859. The van der Waals surface area contributed by atoms with E-state index in [0.29, 0.717) is 25.8 Å². The van der Waals surface area contributed by atoms with Crippen LogP contribution in [0.5, 0.6) is 0 Å². The molecule has 0 aliphatic rings. The molecule has 4 rings (SSSR count). The normalized spacial score (nSPS) is 11.2. The molecular formula is C18H18N6O. The van der Waals surface area contributed by atoms with Crippen molar-refractivity contribution in [3.8, 4) is 0 Å². The van der Waals surface area contributed by atoms with Crippen molar-refractivity contribution < 1.29 is 4.79 Å². The van der Waals surface area contributed by atoms with Gasteiger partial charge in [-0.05, 0) is 24.3 Å². The second-order valence-corrected chi connectivity index (χ2v) is 5.85. The van der Waals surface area contributed by atoms with Gasteiger partial charge < -0.3 is 10.3 Å². The molecule has 0 bridgehead atoms. The number of fused-ring (bicyclic) bond motifs is 2. The molecule has 0 spiro atoms. The van der Waals surface area contributed by atoms with Gasteiger partial charge in [0.2, 0.25) is 5.91 Å². The Balaban J connectivity index is 1.27. The number of amides is 1. The van der Waals surface area contributed by atoms with Gasteiger partial charge in [0.1, 0.15) is 11.6 Å². The van der Waals surface area contributed by atoms with Crippen LogP contribution in [0, 0.1) is 0 Å². The van der Waals surface area contributed by atoms with Crippen molar-refractivity contribution in [3.05, 3.63) is 60.3 Å². The maximum absolute atomic E-state index is 12.0. The number of para-hydroxylation sites is 2. The maximum atomic E-state index is 12.0. The molecule has 0 unspecified atom stereocenters. The summed E-state index contributed by atoms with van der Waals surface area (Å²) in [5.74, 6) is 1.68. The lowest BCUT2D eigenvalue weighted by atomic mass is 10.3. The molecule has 25 heavy (non-hydrogen) atoms. The minimum Gasteiger partial charge on any atom is -0.356 e. The van der Waals surface area contributed by atoms with Gasteiger partial charge in [0, 0.05) is 32.0 Å². The monoisotopic (exact) mass is 334 g/mol. The summed E-state index contributed by atoms with van der Waals surface area (Å²) in [6.45, 7) is 0.536. The largest absolute Gasteiger partial charge is 0.356 e. The van der Waals surface area contributed by atoms with Crippen molar-refractivity contribution in [2.75, 3.05) is 6.54 Å². The predicted octanol–water partition coefficient (Wildman–Crippen LogP) is 1.90. The summed E-state index contributed by atoms with van der Waals surface area (Å²) < 4.78 is 1.93. The van der Waals surface area contributed by atoms with Crippen LogP contribution in [0.1, 0.15) is 18.1 Å². The van der Waals surface area contributed by atoms with E-state index in [9.17, 15) is 4.79 Å². The molecule has 0 atom stereocenters. The lowest BCUT2D eigenvalue weighted by Crippen LogP contribution is -2.26. The van der Waals surface area contributed by atoms with Crippen LogP contribution >= 0.6 is 0 Å². The molecule has 1 amide bonds. The molecule has 3 aromatic heterocycles. The third kappa shape index (κ3) is 3.35. The Morgan fingerprint density at radius 3 is 2.88 bits per heavy atom. The van der Waals surface area contributed by atoms with E-state index < -0.39 is 0 Å². The molecule has 0 aliphatic heterocycles. The smallest absolute Gasteiger partial charge is 0.220 e. The number of imidazole rings is 1. The van der Waals surface area contributed by atoms with E-state index in [4.69, 9.17) is 0 Å². The Labute approximate surface area is 144 Å². The van der Waals surface area contributed by atoms with Gasteiger partial charge in [-0.2, -0.15) is 0 Å². The fraction of sp³-hybridized carbons (Fsp3) is 0.222. The highest BCUT2D eigenvalue weighted by molar-refractivity contribution is 5.77. The van der Waals surface area contributed by atoms with Crippen molar-refractivity contribution in [2.24, 2.45) is 0 Å². The maximum Gasteiger partial charge on any atom is 0.220 e. The third-order valence-corrected chi connectivity index (χ3v) is 4.08. The lowest BCUT2D eigenvalue weighted by Gasteiger charge is -2.04. The number of nitrogens with zero attached hydrogens (tertiary/aromatic N) is 4. The molecule has 2 N–H and O–H groups in total. The molecule has 0 fully saturated rings. The summed E-state index contributed by atoms with van der Waals surface area (Å²) in [5, 5.41) is 11.2. The number of nitrogens with one attached hydrogen (secondary N) is 2. The standard InChI is InChI=1S/C18H18N6O/c25-18(9-8-15-20-13-5-1-2-6-14(13)21-15)19-11-10-17-23-22-16-7-3-4-12-24(16)17/h1-7,12H,8-11H2,(H,19,25)(H,20,21). The zero-order valence-electron chi connectivity index (χ0n) is 13.6. The van der Waals surface area contributed by atoms with Gasteiger partial charge in [-0.25, -0.2) is 4.98 Å². The first-order valence-electron chi connectivity index (χ1n) is 8.28. The number of benzene rings is 1. The van der Waals surface area contributed by atoms with Crippen molar-refractivity contribution in [3.63, 3.8) is 0 Å². The third-order valence-electron chi connectivity index (χ3n) is 4.08. The van der Waals surface area contributed by atoms with Crippen molar-refractivity contribution in [1.29, 1.82) is 0 Å². The summed E-state index contributed by atoms with van der Waals surface area (Å²) in [6.07, 6.45) is 3.56. The Bertz CT molecular complexity index is 985. The number of aryl methyl sites for hydroxylation is 1. The molecule has 0 radical (unpaired) electrons. The van der Waals surface area contributed by atoms with Crippen LogP contribution < -0.4 is 5.32 Å². The zero-order chi connectivity index (χ0) is 17.1. The van der Waals surface area contributed by atoms with E-state index in [1.54, 1.807) is 0 Å². The minimum atomic E-state index is 0.00859. The Morgan fingerprint density at radius 2 is 1.96 bits per heavy atom. The lowest BCUT2D eigenvalue weighted by molar-refractivity contribution is -0.121. The highest BCUT2D eigenvalue weighted by atomic mass is 16.1. The number of pyridine rings is 1. The summed E-state index contributed by atoms with van der Waals surface area (Å²) in [4.78, 5) is 19.7. The van der Waals surface area contributed by atoms with E-state index in [2.05, 4.69) is 25.5 Å². The van der Waals surface area contributed by atoms with Crippen LogP contribution in [0.3, 0.4) is 0 Å². The topological polar surface area (TPSA) is 88.0 Å². The fourth-order valence-electron chi connectivity index (χ4n) is 2.82. The quantitative estimate of drug-likeness (QED) is 0.564. The number of carbonyl (C=O) groups excluding carboxylic acids is 1. The van der Waals surface area contributed by atoms with E-state index in [1.807, 2.05) is 53.1 Å². The van der Waals surface area contributed by atoms with Gasteiger partial charge in [-0.15, -0.1) is 10.2 Å². The number of hydrogen-bond acceptors (Lipinski definition) is 4. The van der Waals surface area contributed by atoms with E-state index in [0.717, 1.165) is 28.3 Å². The van der Waals surface area contributed by atoms with Gasteiger partial charge in [0.25, 0.3) is 0 Å². The van der Waals surface area contributed by atoms with Crippen LogP contribution in [-0.4, -0.2) is 37.0 Å². The Kier molecular flexibility index (Phi) is 4.12. The molecule has 0 aliphatic carbocycles. The average molecular weight is 334 g/mol. The van der Waals surface area contributed by atoms with Gasteiger partial charge in [0.05, 0.1) is 11.0 Å². The average Bonchev–Trinajstić information content (AvgIpc) is 3.24. The zero-order valence-corrected chi connectivity index (χ0v) is 13.6. The summed E-state index contributed by atoms with van der Waals surface area (Å²) >= 11 is 0. The van der Waals surface area contributed by atoms with Gasteiger partial charge in [-0.3, -0.25) is 9.20 Å². The van der Waals surface area contributed by atoms with E-state index in [-0.39, 0.29) is 5.91 Å². The molecular weight excluding hydrogens is 316 g/mol. The molecule has 0 saturated heterocycles. The molecule has 7 nitrogen and oxygen atoms in total. The molecule has 4 aromatic rings. The van der Waals surface area contributed by atoms with Gasteiger partial charge >= 0.3 is 0 Å². The molecule has 3 heterocycles. The number of aromatic nitrogens is 5. The Hall–Kier alpha value is -3.22. The van der Waals surface area contributed by atoms with Gasteiger partial charge in [0.15, 0.2) is 5.65 Å². The number of hydrogen-bond donors (Lipinski definition) is 2. The highest BCUT2D eigenvalue weighted by Gasteiger charge is 2.08. The van der Waals surface area contributed by atoms with Crippen molar-refractivity contribution >= 4 is 22.6 Å². The van der Waals surface area contributed by atoms with Gasteiger partial charge in [-0.1, -0.05) is 18.2 Å². The molecule has 1 aromatic carbocycles. The van der Waals surface area contributed by atoms with Crippen LogP contribution in [0.15, 0.2) is 48.7 Å². The van der Waals surface area contributed by atoms with Crippen molar-refractivity contribution in [2.45, 2.75) is 19.3 Å². The first-order valence-corrected chi connectivity index (χ1v) is 8.28. The first-order chi connectivity index (χ1) is 12.3. The van der Waals surface area contributed by atoms with E-state index >= 15 is 0 Å². The SMILES string of the molecule is O=C(CCc1nc2ccccc2[nH]1)NCCc1nnc2ccccn12. The number of rotatable bonds is 6. The van der Waals surface area contributed by atoms with Crippen LogP contribution in [0.25, 0.3) is 16.7 Å². The van der Waals surface area contributed by atoms with Crippen molar-refractivity contribution in [1.82, 2.24) is 29.9 Å². The fourth-order valence-corrected chi connectivity index (χ4v) is 2.82. The number of H-pyrrole nitrogens is 1. The summed E-state index contributed by atoms with van der Waals surface area (Å²) in [7, 11) is 0. The molecule has 126 valence electrons. The predicted molar refractivity (Wildman–Crippen MR) is 94.1 cm³/mol. The first kappa shape index (κ1) is 15.3.